The summed E-state index contributed by atoms with van der Waals surface area (Å²) in [5.74, 6) is 0.343. The van der Waals surface area contributed by atoms with Crippen molar-refractivity contribution in [1.29, 1.82) is 0 Å². The van der Waals surface area contributed by atoms with E-state index in [1.807, 2.05) is 31.2 Å². The van der Waals surface area contributed by atoms with Gasteiger partial charge in [0.1, 0.15) is 12.3 Å². The number of carbonyl (C=O) groups excluding carboxylic acids is 2. The zero-order valence-corrected chi connectivity index (χ0v) is 16.8. The molecule has 2 heterocycles. The summed E-state index contributed by atoms with van der Waals surface area (Å²) in [6, 6.07) is 15.9. The van der Waals surface area contributed by atoms with E-state index in [-0.39, 0.29) is 18.4 Å². The van der Waals surface area contributed by atoms with Crippen molar-refractivity contribution >= 4 is 17.5 Å². The maximum Gasteiger partial charge on any atom is 0.268 e. The topological polar surface area (TPSA) is 61.9 Å². The van der Waals surface area contributed by atoms with Crippen molar-refractivity contribution in [1.82, 2.24) is 10.2 Å². The maximum absolute atomic E-state index is 12.7. The van der Waals surface area contributed by atoms with Crippen LogP contribution in [0.25, 0.3) is 0 Å². The van der Waals surface area contributed by atoms with Crippen LogP contribution < -0.4 is 15.0 Å². The Morgan fingerprint density at radius 2 is 1.90 bits per heavy atom. The molecule has 0 fully saturated rings. The van der Waals surface area contributed by atoms with Gasteiger partial charge in [-0.25, -0.2) is 0 Å². The number of benzene rings is 2. The Bertz CT molecular complexity index is 898. The number of hydrogen-bond donors (Lipinski definition) is 1. The molecule has 0 saturated carbocycles. The summed E-state index contributed by atoms with van der Waals surface area (Å²) in [5.41, 5.74) is 3.44. The number of anilines is 1. The Labute approximate surface area is 171 Å². The summed E-state index contributed by atoms with van der Waals surface area (Å²) in [6.45, 7) is 5.20. The van der Waals surface area contributed by atoms with Crippen LogP contribution in [-0.4, -0.2) is 49.0 Å². The molecule has 4 rings (SSSR count). The third kappa shape index (κ3) is 4.27. The molecule has 2 amide bonds. The summed E-state index contributed by atoms with van der Waals surface area (Å²) >= 11 is 0. The van der Waals surface area contributed by atoms with Gasteiger partial charge in [0.05, 0.1) is 5.69 Å². The summed E-state index contributed by atoms with van der Waals surface area (Å²) < 4.78 is 5.76. The lowest BCUT2D eigenvalue weighted by Crippen LogP contribution is -2.50. The summed E-state index contributed by atoms with van der Waals surface area (Å²) in [5, 5.41) is 2.97. The number of carbonyl (C=O) groups is 2. The summed E-state index contributed by atoms with van der Waals surface area (Å²) in [7, 11) is 0. The van der Waals surface area contributed by atoms with Crippen LogP contribution in [0.1, 0.15) is 24.5 Å². The number of rotatable bonds is 6. The van der Waals surface area contributed by atoms with Gasteiger partial charge >= 0.3 is 0 Å². The van der Waals surface area contributed by atoms with E-state index in [9.17, 15) is 9.59 Å². The molecular weight excluding hydrogens is 366 g/mol. The lowest BCUT2D eigenvalue weighted by Gasteiger charge is -2.33. The number of para-hydroxylation sites is 2. The van der Waals surface area contributed by atoms with E-state index in [0.29, 0.717) is 24.4 Å². The van der Waals surface area contributed by atoms with Gasteiger partial charge in [-0.1, -0.05) is 43.3 Å². The van der Waals surface area contributed by atoms with Crippen molar-refractivity contribution in [2.45, 2.75) is 32.4 Å². The molecule has 2 aliphatic rings. The lowest BCUT2D eigenvalue weighted by molar-refractivity contribution is -0.129. The fraction of sp³-hybridized carbons (Fsp3) is 0.391. The molecule has 0 bridgehead atoms. The molecule has 1 N–H and O–H groups in total. The zero-order chi connectivity index (χ0) is 20.2. The Hall–Kier alpha value is -2.86. The normalized spacial score (nSPS) is 18.6. The van der Waals surface area contributed by atoms with Crippen molar-refractivity contribution in [3.63, 3.8) is 0 Å². The Kier molecular flexibility index (Phi) is 5.81. The Balaban J connectivity index is 1.31. The number of ether oxygens (including phenoxy) is 1. The van der Waals surface area contributed by atoms with Gasteiger partial charge in [0.25, 0.3) is 5.91 Å². The molecular formula is C23H27N3O3. The molecule has 6 heteroatoms. The van der Waals surface area contributed by atoms with Crippen molar-refractivity contribution < 1.29 is 14.3 Å². The molecule has 29 heavy (non-hydrogen) atoms. The Morgan fingerprint density at radius 1 is 1.14 bits per heavy atom. The SMILES string of the molecule is CC[C@H]1Oc2ccccc2N(CC(=O)NCCN2CCc3ccccc3C2)C1=O. The van der Waals surface area contributed by atoms with E-state index in [0.717, 1.165) is 26.1 Å². The predicted molar refractivity (Wildman–Crippen MR) is 112 cm³/mol. The number of nitrogens with zero attached hydrogens (tertiary/aromatic N) is 2. The third-order valence-electron chi connectivity index (χ3n) is 5.60. The van der Waals surface area contributed by atoms with Crippen molar-refractivity contribution in [3.05, 3.63) is 59.7 Å². The van der Waals surface area contributed by atoms with E-state index in [4.69, 9.17) is 4.74 Å². The van der Waals surface area contributed by atoms with E-state index < -0.39 is 6.10 Å². The van der Waals surface area contributed by atoms with Crippen LogP contribution in [0.5, 0.6) is 5.75 Å². The van der Waals surface area contributed by atoms with Crippen LogP contribution in [0.2, 0.25) is 0 Å². The average Bonchev–Trinajstić information content (AvgIpc) is 2.75. The largest absolute Gasteiger partial charge is 0.478 e. The minimum Gasteiger partial charge on any atom is -0.478 e. The van der Waals surface area contributed by atoms with E-state index in [1.165, 1.54) is 11.1 Å². The predicted octanol–water partition coefficient (Wildman–Crippen LogP) is 2.37. The van der Waals surface area contributed by atoms with Gasteiger partial charge in [-0.05, 0) is 36.1 Å². The molecule has 6 nitrogen and oxygen atoms in total. The molecule has 2 aromatic rings. The van der Waals surface area contributed by atoms with Crippen LogP contribution in [0.3, 0.4) is 0 Å². The van der Waals surface area contributed by atoms with Gasteiger partial charge in [0.2, 0.25) is 5.91 Å². The van der Waals surface area contributed by atoms with Gasteiger partial charge in [-0.15, -0.1) is 0 Å². The molecule has 1 atom stereocenters. The first-order valence-electron chi connectivity index (χ1n) is 10.3. The highest BCUT2D eigenvalue weighted by Crippen LogP contribution is 2.34. The molecule has 0 unspecified atom stereocenters. The van der Waals surface area contributed by atoms with E-state index in [1.54, 1.807) is 4.90 Å². The minimum absolute atomic E-state index is 0.0124. The standard InChI is InChI=1S/C23H27N3O3/c1-2-20-23(28)26(19-9-5-6-10-21(19)29-20)16-22(27)24-12-14-25-13-11-17-7-3-4-8-18(17)15-25/h3-10,20H,2,11-16H2,1H3,(H,24,27)/t20-/m1/s1. The Morgan fingerprint density at radius 3 is 2.72 bits per heavy atom. The maximum atomic E-state index is 12.7. The summed E-state index contributed by atoms with van der Waals surface area (Å²) in [6.07, 6.45) is 1.08. The van der Waals surface area contributed by atoms with Crippen molar-refractivity contribution in [3.8, 4) is 5.75 Å². The first-order valence-corrected chi connectivity index (χ1v) is 10.3. The van der Waals surface area contributed by atoms with Gasteiger partial charge in [0.15, 0.2) is 6.10 Å². The number of fused-ring (bicyclic) bond motifs is 2. The minimum atomic E-state index is -0.536. The first kappa shape index (κ1) is 19.5. The molecule has 0 spiro atoms. The molecule has 2 aliphatic heterocycles. The smallest absolute Gasteiger partial charge is 0.268 e. The molecule has 0 aromatic heterocycles. The van der Waals surface area contributed by atoms with Crippen molar-refractivity contribution in [2.75, 3.05) is 31.1 Å². The highest BCUT2D eigenvalue weighted by molar-refractivity contribution is 6.03. The molecule has 0 radical (unpaired) electrons. The van der Waals surface area contributed by atoms with Gasteiger partial charge in [0, 0.05) is 26.2 Å². The number of hydrogen-bond acceptors (Lipinski definition) is 4. The average molecular weight is 393 g/mol. The third-order valence-corrected chi connectivity index (χ3v) is 5.60. The van der Waals surface area contributed by atoms with Gasteiger partial charge < -0.3 is 10.1 Å². The monoisotopic (exact) mass is 393 g/mol. The molecule has 0 saturated heterocycles. The van der Waals surface area contributed by atoms with Crippen LogP contribution in [0.4, 0.5) is 5.69 Å². The number of nitrogens with one attached hydrogen (secondary N) is 1. The van der Waals surface area contributed by atoms with Crippen LogP contribution in [0, 0.1) is 0 Å². The van der Waals surface area contributed by atoms with Crippen LogP contribution in [0.15, 0.2) is 48.5 Å². The zero-order valence-electron chi connectivity index (χ0n) is 16.8. The van der Waals surface area contributed by atoms with E-state index >= 15 is 0 Å². The highest BCUT2D eigenvalue weighted by Gasteiger charge is 2.34. The van der Waals surface area contributed by atoms with Crippen LogP contribution >= 0.6 is 0 Å². The molecule has 0 aliphatic carbocycles. The first-order chi connectivity index (χ1) is 14.2. The fourth-order valence-electron chi connectivity index (χ4n) is 4.00. The van der Waals surface area contributed by atoms with Gasteiger partial charge in [-0.3, -0.25) is 19.4 Å². The van der Waals surface area contributed by atoms with E-state index in [2.05, 4.69) is 34.5 Å². The summed E-state index contributed by atoms with van der Waals surface area (Å²) in [4.78, 5) is 29.1. The molecule has 152 valence electrons. The fourth-order valence-corrected chi connectivity index (χ4v) is 4.00. The number of amides is 2. The van der Waals surface area contributed by atoms with Crippen molar-refractivity contribution in [2.24, 2.45) is 0 Å². The second-order valence-corrected chi connectivity index (χ2v) is 7.55. The van der Waals surface area contributed by atoms with Crippen LogP contribution in [-0.2, 0) is 22.6 Å². The second kappa shape index (κ2) is 8.66. The lowest BCUT2D eigenvalue weighted by atomic mass is 10.00. The second-order valence-electron chi connectivity index (χ2n) is 7.55. The van der Waals surface area contributed by atoms with Gasteiger partial charge in [-0.2, -0.15) is 0 Å². The quantitative estimate of drug-likeness (QED) is 0.819. The molecule has 2 aromatic carbocycles. The highest BCUT2D eigenvalue weighted by atomic mass is 16.5.